The molecule has 0 radical (unpaired) electrons. The van der Waals surface area contributed by atoms with E-state index >= 15 is 0 Å². The fraction of sp³-hybridized carbons (Fsp3) is 0.231. The number of nitrogens with one attached hydrogen (secondary N) is 2. The van der Waals surface area contributed by atoms with Crippen LogP contribution < -0.4 is 15.4 Å². The zero-order valence-corrected chi connectivity index (χ0v) is 18.1. The molecule has 0 aliphatic carbocycles. The second-order valence-corrected chi connectivity index (χ2v) is 7.86. The van der Waals surface area contributed by atoms with Gasteiger partial charge in [-0.3, -0.25) is 9.59 Å². The summed E-state index contributed by atoms with van der Waals surface area (Å²) in [5.74, 6) is 0.864. The predicted octanol–water partition coefficient (Wildman–Crippen LogP) is 5.92. The first-order valence-corrected chi connectivity index (χ1v) is 10.4. The van der Waals surface area contributed by atoms with Crippen molar-refractivity contribution in [2.75, 3.05) is 17.2 Å². The lowest BCUT2D eigenvalue weighted by atomic mass is 10.1. The predicted molar refractivity (Wildman–Crippen MR) is 125 cm³/mol. The number of aryl methyl sites for hydroxylation is 1. The number of anilines is 2. The molecule has 0 aromatic heterocycles. The average molecular weight is 417 g/mol. The van der Waals surface area contributed by atoms with E-state index in [0.29, 0.717) is 40.8 Å². The van der Waals surface area contributed by atoms with E-state index < -0.39 is 0 Å². The highest BCUT2D eigenvalue weighted by atomic mass is 16.5. The third kappa shape index (κ3) is 6.44. The van der Waals surface area contributed by atoms with Gasteiger partial charge in [0, 0.05) is 22.5 Å². The van der Waals surface area contributed by atoms with E-state index in [0.717, 1.165) is 12.0 Å². The van der Waals surface area contributed by atoms with E-state index in [1.54, 1.807) is 36.4 Å². The lowest BCUT2D eigenvalue weighted by molar-refractivity contribution is 0.101. The van der Waals surface area contributed by atoms with Gasteiger partial charge in [-0.1, -0.05) is 38.1 Å². The number of hydrogen-bond donors (Lipinski definition) is 2. The van der Waals surface area contributed by atoms with Crippen LogP contribution in [-0.2, 0) is 0 Å². The minimum absolute atomic E-state index is 0.172. The van der Waals surface area contributed by atoms with E-state index in [2.05, 4.69) is 24.5 Å². The molecule has 0 aliphatic heterocycles. The van der Waals surface area contributed by atoms with E-state index in [1.807, 2.05) is 43.3 Å². The lowest BCUT2D eigenvalue weighted by Gasteiger charge is -2.12. The molecule has 31 heavy (non-hydrogen) atoms. The van der Waals surface area contributed by atoms with Crippen molar-refractivity contribution in [1.82, 2.24) is 0 Å². The second-order valence-electron chi connectivity index (χ2n) is 7.86. The number of hydrogen-bond acceptors (Lipinski definition) is 3. The topological polar surface area (TPSA) is 67.4 Å². The molecule has 0 heterocycles. The van der Waals surface area contributed by atoms with Crippen LogP contribution in [0.1, 0.15) is 46.5 Å². The summed E-state index contributed by atoms with van der Waals surface area (Å²) in [5, 5.41) is 5.81. The van der Waals surface area contributed by atoms with Crippen molar-refractivity contribution >= 4 is 23.2 Å². The van der Waals surface area contributed by atoms with Crippen LogP contribution >= 0.6 is 0 Å². The molecule has 5 nitrogen and oxygen atoms in total. The number of benzene rings is 3. The van der Waals surface area contributed by atoms with Gasteiger partial charge in [-0.15, -0.1) is 0 Å². The number of rotatable bonds is 8. The molecule has 0 atom stereocenters. The van der Waals surface area contributed by atoms with Crippen molar-refractivity contribution in [3.8, 4) is 5.75 Å². The highest BCUT2D eigenvalue weighted by Crippen LogP contribution is 2.22. The number of carbonyl (C=O) groups is 2. The molecule has 0 saturated heterocycles. The maximum Gasteiger partial charge on any atom is 0.255 e. The molecular weight excluding hydrogens is 388 g/mol. The molecule has 3 rings (SSSR count). The highest BCUT2D eigenvalue weighted by molar-refractivity contribution is 6.06. The quantitative estimate of drug-likeness (QED) is 0.479. The third-order valence-electron chi connectivity index (χ3n) is 4.83. The summed E-state index contributed by atoms with van der Waals surface area (Å²) >= 11 is 0. The molecule has 3 aromatic carbocycles. The Bertz CT molecular complexity index is 1050. The van der Waals surface area contributed by atoms with E-state index in [-0.39, 0.29) is 11.8 Å². The zero-order chi connectivity index (χ0) is 22.2. The zero-order valence-electron chi connectivity index (χ0n) is 18.1. The Kier molecular flexibility index (Phi) is 7.44. The Morgan fingerprint density at radius 3 is 2.26 bits per heavy atom. The van der Waals surface area contributed by atoms with Crippen molar-refractivity contribution in [2.45, 2.75) is 27.2 Å². The first-order chi connectivity index (χ1) is 14.9. The maximum atomic E-state index is 12.7. The van der Waals surface area contributed by atoms with Gasteiger partial charge in [0.15, 0.2) is 0 Å². The minimum Gasteiger partial charge on any atom is -0.494 e. The Labute approximate surface area is 183 Å². The van der Waals surface area contributed by atoms with E-state index in [1.165, 1.54) is 0 Å². The molecular formula is C26H28N2O3. The minimum atomic E-state index is -0.213. The monoisotopic (exact) mass is 416 g/mol. The van der Waals surface area contributed by atoms with Gasteiger partial charge in [0.1, 0.15) is 5.75 Å². The molecule has 160 valence electrons. The highest BCUT2D eigenvalue weighted by Gasteiger charge is 2.11. The number of ether oxygens (including phenoxy) is 1. The normalized spacial score (nSPS) is 10.6. The summed E-state index contributed by atoms with van der Waals surface area (Å²) in [6.45, 7) is 6.80. The van der Waals surface area contributed by atoms with Crippen molar-refractivity contribution in [3.63, 3.8) is 0 Å². The molecule has 3 aromatic rings. The van der Waals surface area contributed by atoms with Gasteiger partial charge < -0.3 is 15.4 Å². The standard InChI is InChI=1S/C26H28N2O3/c1-18(2)14-15-31-23-11-7-10-21(17-23)26(30)27-22-12-13-24(19(3)16-22)28-25(29)20-8-5-4-6-9-20/h4-13,16-18H,14-15H2,1-3H3,(H,27,30)(H,28,29). The Morgan fingerprint density at radius 2 is 1.55 bits per heavy atom. The van der Waals surface area contributed by atoms with Gasteiger partial charge >= 0.3 is 0 Å². The summed E-state index contributed by atoms with van der Waals surface area (Å²) in [7, 11) is 0. The summed E-state index contributed by atoms with van der Waals surface area (Å²) < 4.78 is 5.75. The van der Waals surface area contributed by atoms with Crippen molar-refractivity contribution in [1.29, 1.82) is 0 Å². The molecule has 0 aliphatic rings. The van der Waals surface area contributed by atoms with Gasteiger partial charge in [0.2, 0.25) is 0 Å². The van der Waals surface area contributed by atoms with Crippen LogP contribution in [0.3, 0.4) is 0 Å². The Balaban J connectivity index is 1.63. The summed E-state index contributed by atoms with van der Waals surface area (Å²) in [6.07, 6.45) is 0.961. The van der Waals surface area contributed by atoms with Gasteiger partial charge in [0.05, 0.1) is 6.61 Å². The van der Waals surface area contributed by atoms with Crippen LogP contribution in [0.5, 0.6) is 5.75 Å². The third-order valence-corrected chi connectivity index (χ3v) is 4.83. The van der Waals surface area contributed by atoms with Crippen LogP contribution in [0.2, 0.25) is 0 Å². The van der Waals surface area contributed by atoms with Gasteiger partial charge in [-0.2, -0.15) is 0 Å². The van der Waals surface area contributed by atoms with Crippen molar-refractivity contribution < 1.29 is 14.3 Å². The molecule has 0 unspecified atom stereocenters. The first-order valence-electron chi connectivity index (χ1n) is 10.4. The fourth-order valence-electron chi connectivity index (χ4n) is 3.01. The first kappa shape index (κ1) is 22.1. The maximum absolute atomic E-state index is 12.7. The molecule has 0 saturated carbocycles. The van der Waals surface area contributed by atoms with Gasteiger partial charge in [0.25, 0.3) is 11.8 Å². The molecule has 0 bridgehead atoms. The Hall–Kier alpha value is -3.60. The number of carbonyl (C=O) groups excluding carboxylic acids is 2. The molecule has 2 amide bonds. The number of amides is 2. The molecule has 2 N–H and O–H groups in total. The second kappa shape index (κ2) is 10.4. The molecule has 0 spiro atoms. The lowest BCUT2D eigenvalue weighted by Crippen LogP contribution is -2.14. The van der Waals surface area contributed by atoms with Crippen LogP contribution in [0, 0.1) is 12.8 Å². The van der Waals surface area contributed by atoms with E-state index in [4.69, 9.17) is 4.74 Å². The van der Waals surface area contributed by atoms with Crippen LogP contribution in [0.25, 0.3) is 0 Å². The summed E-state index contributed by atoms with van der Waals surface area (Å²) in [6, 6.07) is 21.6. The van der Waals surface area contributed by atoms with Crippen LogP contribution in [-0.4, -0.2) is 18.4 Å². The van der Waals surface area contributed by atoms with Crippen molar-refractivity contribution in [3.05, 3.63) is 89.5 Å². The fourth-order valence-corrected chi connectivity index (χ4v) is 3.01. The van der Waals surface area contributed by atoms with E-state index in [9.17, 15) is 9.59 Å². The van der Waals surface area contributed by atoms with Crippen LogP contribution in [0.4, 0.5) is 11.4 Å². The average Bonchev–Trinajstić information content (AvgIpc) is 2.76. The van der Waals surface area contributed by atoms with Crippen LogP contribution in [0.15, 0.2) is 72.8 Å². The SMILES string of the molecule is Cc1cc(NC(=O)c2cccc(OCCC(C)C)c2)ccc1NC(=O)c1ccccc1. The molecule has 0 fully saturated rings. The Morgan fingerprint density at radius 1 is 0.839 bits per heavy atom. The summed E-state index contributed by atoms with van der Waals surface area (Å²) in [5.41, 5.74) is 3.34. The smallest absolute Gasteiger partial charge is 0.255 e. The van der Waals surface area contributed by atoms with Crippen molar-refractivity contribution in [2.24, 2.45) is 5.92 Å². The largest absolute Gasteiger partial charge is 0.494 e. The van der Waals surface area contributed by atoms with Gasteiger partial charge in [-0.05, 0) is 73.4 Å². The summed E-state index contributed by atoms with van der Waals surface area (Å²) in [4.78, 5) is 25.0. The van der Waals surface area contributed by atoms with Gasteiger partial charge in [-0.25, -0.2) is 0 Å². The molecule has 5 heteroatoms.